The molecular formula is C23H25N7O3. The highest BCUT2D eigenvalue weighted by molar-refractivity contribution is 5.80. The molecule has 5 rings (SSSR count). The first kappa shape index (κ1) is 21.2. The number of hydrogen-bond acceptors (Lipinski definition) is 9. The lowest BCUT2D eigenvalue weighted by atomic mass is 10.00. The fourth-order valence-corrected chi connectivity index (χ4v) is 3.97. The lowest BCUT2D eigenvalue weighted by Crippen LogP contribution is -2.20. The van der Waals surface area contributed by atoms with Gasteiger partial charge in [0.15, 0.2) is 5.65 Å². The maximum absolute atomic E-state index is 9.69. The molecule has 33 heavy (non-hydrogen) atoms. The SMILES string of the molecule is C[C@H](CNc1cc(-c2cnc3c(cnn3C[C@@H](O)CO)c2)ncn1)c1ccnc2c1OCC2. The van der Waals surface area contributed by atoms with E-state index < -0.39 is 6.10 Å². The van der Waals surface area contributed by atoms with Crippen molar-refractivity contribution < 1.29 is 14.9 Å². The minimum absolute atomic E-state index is 0.178. The van der Waals surface area contributed by atoms with Crippen molar-refractivity contribution in [2.45, 2.75) is 31.9 Å². The van der Waals surface area contributed by atoms with Gasteiger partial charge in [-0.05, 0) is 12.1 Å². The largest absolute Gasteiger partial charge is 0.491 e. The molecule has 0 fully saturated rings. The van der Waals surface area contributed by atoms with E-state index in [9.17, 15) is 5.11 Å². The monoisotopic (exact) mass is 447 g/mol. The molecule has 4 aromatic heterocycles. The van der Waals surface area contributed by atoms with Crippen LogP contribution in [0.4, 0.5) is 5.82 Å². The summed E-state index contributed by atoms with van der Waals surface area (Å²) >= 11 is 0. The maximum Gasteiger partial charge on any atom is 0.157 e. The molecule has 0 saturated heterocycles. The first-order valence-corrected chi connectivity index (χ1v) is 10.9. The number of aromatic nitrogens is 6. The third-order valence-corrected chi connectivity index (χ3v) is 5.75. The summed E-state index contributed by atoms with van der Waals surface area (Å²) in [6, 6.07) is 5.86. The van der Waals surface area contributed by atoms with E-state index in [-0.39, 0.29) is 19.1 Å². The molecule has 10 heteroatoms. The fourth-order valence-electron chi connectivity index (χ4n) is 3.97. The zero-order valence-corrected chi connectivity index (χ0v) is 18.2. The number of ether oxygens (including phenoxy) is 1. The lowest BCUT2D eigenvalue weighted by molar-refractivity contribution is 0.0792. The molecule has 1 aliphatic rings. The van der Waals surface area contributed by atoms with E-state index in [4.69, 9.17) is 9.84 Å². The zero-order chi connectivity index (χ0) is 22.8. The van der Waals surface area contributed by atoms with Gasteiger partial charge in [0.25, 0.3) is 0 Å². The lowest BCUT2D eigenvalue weighted by Gasteiger charge is -2.16. The number of nitrogens with one attached hydrogen (secondary N) is 1. The van der Waals surface area contributed by atoms with Gasteiger partial charge in [-0.3, -0.25) is 4.98 Å². The van der Waals surface area contributed by atoms with Crippen LogP contribution in [-0.4, -0.2) is 65.8 Å². The Balaban J connectivity index is 1.31. The molecule has 0 aliphatic carbocycles. The predicted molar refractivity (Wildman–Crippen MR) is 122 cm³/mol. The highest BCUT2D eigenvalue weighted by Crippen LogP contribution is 2.33. The van der Waals surface area contributed by atoms with E-state index in [1.54, 1.807) is 17.1 Å². The minimum atomic E-state index is -0.882. The van der Waals surface area contributed by atoms with Crippen LogP contribution in [0.1, 0.15) is 24.1 Å². The predicted octanol–water partition coefficient (Wildman–Crippen LogP) is 1.79. The number of hydrogen-bond donors (Lipinski definition) is 3. The minimum Gasteiger partial charge on any atom is -0.491 e. The van der Waals surface area contributed by atoms with Crippen LogP contribution >= 0.6 is 0 Å². The molecular weight excluding hydrogens is 422 g/mol. The van der Waals surface area contributed by atoms with Crippen LogP contribution in [0.15, 0.2) is 43.1 Å². The van der Waals surface area contributed by atoms with Gasteiger partial charge in [0.05, 0.1) is 43.4 Å². The Hall–Kier alpha value is -3.63. The van der Waals surface area contributed by atoms with E-state index >= 15 is 0 Å². The summed E-state index contributed by atoms with van der Waals surface area (Å²) in [7, 11) is 0. The summed E-state index contributed by atoms with van der Waals surface area (Å²) < 4.78 is 7.37. The van der Waals surface area contributed by atoms with Crippen molar-refractivity contribution >= 4 is 16.9 Å². The smallest absolute Gasteiger partial charge is 0.157 e. The number of rotatable bonds is 8. The topological polar surface area (TPSA) is 131 Å². The molecule has 1 aliphatic heterocycles. The second kappa shape index (κ2) is 9.08. The van der Waals surface area contributed by atoms with Crippen molar-refractivity contribution in [2.75, 3.05) is 25.1 Å². The Kier molecular flexibility index (Phi) is 5.84. The number of anilines is 1. The molecule has 0 bridgehead atoms. The zero-order valence-electron chi connectivity index (χ0n) is 18.2. The van der Waals surface area contributed by atoms with E-state index in [1.165, 1.54) is 6.33 Å². The molecule has 0 unspecified atom stereocenters. The molecule has 5 heterocycles. The molecule has 0 amide bonds. The third-order valence-electron chi connectivity index (χ3n) is 5.75. The van der Waals surface area contributed by atoms with Crippen molar-refractivity contribution in [1.82, 2.24) is 29.7 Å². The van der Waals surface area contributed by atoms with E-state index in [0.717, 1.165) is 45.9 Å². The summed E-state index contributed by atoms with van der Waals surface area (Å²) in [4.78, 5) is 17.6. The molecule has 2 atom stereocenters. The first-order chi connectivity index (χ1) is 16.1. The Labute approximate surface area is 190 Å². The van der Waals surface area contributed by atoms with E-state index in [2.05, 4.69) is 37.3 Å². The Bertz CT molecular complexity index is 1280. The number of pyridine rings is 2. The van der Waals surface area contributed by atoms with Gasteiger partial charge in [-0.25, -0.2) is 19.6 Å². The maximum atomic E-state index is 9.69. The van der Waals surface area contributed by atoms with Crippen molar-refractivity contribution in [3.8, 4) is 17.0 Å². The molecule has 3 N–H and O–H groups in total. The average molecular weight is 447 g/mol. The highest BCUT2D eigenvalue weighted by atomic mass is 16.5. The Morgan fingerprint density at radius 1 is 1.18 bits per heavy atom. The average Bonchev–Trinajstić information content (AvgIpc) is 3.49. The van der Waals surface area contributed by atoms with Gasteiger partial charge in [-0.15, -0.1) is 0 Å². The van der Waals surface area contributed by atoms with Gasteiger partial charge in [0.1, 0.15) is 17.9 Å². The van der Waals surface area contributed by atoms with Gasteiger partial charge in [0.2, 0.25) is 0 Å². The first-order valence-electron chi connectivity index (χ1n) is 10.9. The summed E-state index contributed by atoms with van der Waals surface area (Å²) in [5, 5.41) is 27.2. The van der Waals surface area contributed by atoms with Crippen molar-refractivity contribution in [3.63, 3.8) is 0 Å². The van der Waals surface area contributed by atoms with Crippen molar-refractivity contribution in [1.29, 1.82) is 0 Å². The van der Waals surface area contributed by atoms with Gasteiger partial charge < -0.3 is 20.3 Å². The quantitative estimate of drug-likeness (QED) is 0.370. The molecule has 10 nitrogen and oxygen atoms in total. The van der Waals surface area contributed by atoms with Crippen LogP contribution in [0.2, 0.25) is 0 Å². The normalized spacial score (nSPS) is 14.6. The van der Waals surface area contributed by atoms with Crippen molar-refractivity contribution in [2.24, 2.45) is 0 Å². The number of fused-ring (bicyclic) bond motifs is 2. The summed E-state index contributed by atoms with van der Waals surface area (Å²) in [6.07, 6.45) is 6.76. The van der Waals surface area contributed by atoms with E-state index in [0.29, 0.717) is 18.8 Å². The highest BCUT2D eigenvalue weighted by Gasteiger charge is 2.21. The van der Waals surface area contributed by atoms with Crippen LogP contribution < -0.4 is 10.1 Å². The van der Waals surface area contributed by atoms with Crippen LogP contribution in [0.25, 0.3) is 22.3 Å². The summed E-state index contributed by atoms with van der Waals surface area (Å²) in [5.74, 6) is 1.86. The second-order valence-corrected chi connectivity index (χ2v) is 8.14. The second-order valence-electron chi connectivity index (χ2n) is 8.14. The Morgan fingerprint density at radius 2 is 2.09 bits per heavy atom. The third kappa shape index (κ3) is 4.35. The molecule has 170 valence electrons. The van der Waals surface area contributed by atoms with Crippen LogP contribution in [0, 0.1) is 0 Å². The number of aliphatic hydroxyl groups excluding tert-OH is 2. The van der Waals surface area contributed by atoms with Crippen molar-refractivity contribution in [3.05, 3.63) is 54.4 Å². The van der Waals surface area contributed by atoms with E-state index in [1.807, 2.05) is 24.4 Å². The summed E-state index contributed by atoms with van der Waals surface area (Å²) in [5.41, 5.74) is 4.40. The Morgan fingerprint density at radius 3 is 2.97 bits per heavy atom. The van der Waals surface area contributed by atoms with Gasteiger partial charge in [0, 0.05) is 53.9 Å². The van der Waals surface area contributed by atoms with Gasteiger partial charge >= 0.3 is 0 Å². The standard InChI is InChI=1S/C23H25N7O3/c1-14(18-2-4-24-19-3-5-33-22(18)19)8-25-21-7-20(27-13-28-21)15-6-16-10-29-30(11-17(32)12-31)23(16)26-9-15/h2,4,6-7,9-10,13-14,17,31-32H,3,5,8,11-12H2,1H3,(H,25,27,28)/t14-,17-/m1/s1. The number of aliphatic hydroxyl groups is 2. The molecule has 0 aromatic carbocycles. The van der Waals surface area contributed by atoms with Gasteiger partial charge in [-0.2, -0.15) is 5.10 Å². The fraction of sp³-hybridized carbons (Fsp3) is 0.348. The molecule has 0 radical (unpaired) electrons. The molecule has 0 spiro atoms. The van der Waals surface area contributed by atoms with Crippen LogP contribution in [0.5, 0.6) is 5.75 Å². The van der Waals surface area contributed by atoms with Crippen LogP contribution in [0.3, 0.4) is 0 Å². The van der Waals surface area contributed by atoms with Crippen LogP contribution in [-0.2, 0) is 13.0 Å². The summed E-state index contributed by atoms with van der Waals surface area (Å²) in [6.45, 7) is 3.38. The molecule has 0 saturated carbocycles. The van der Waals surface area contributed by atoms with Gasteiger partial charge in [-0.1, -0.05) is 6.92 Å². The molecule has 4 aromatic rings. The number of nitrogens with zero attached hydrogens (tertiary/aromatic N) is 6.